The molecule has 3 rings (SSSR count). The smallest absolute Gasteiger partial charge is 0.279 e. The van der Waals surface area contributed by atoms with E-state index in [1.165, 1.54) is 34.6 Å². The molecule has 1 aromatic heterocycles. The summed E-state index contributed by atoms with van der Waals surface area (Å²) in [5.41, 5.74) is 6.46. The van der Waals surface area contributed by atoms with Crippen LogP contribution < -0.4 is 20.9 Å². The number of hydrogen-bond acceptors (Lipinski definition) is 5. The van der Waals surface area contributed by atoms with E-state index in [1.807, 2.05) is 19.9 Å². The number of carbonyl (C=O) groups is 3. The molecule has 0 atom stereocenters. The van der Waals surface area contributed by atoms with Gasteiger partial charge in [-0.3, -0.25) is 25.2 Å². The number of hydrogen-bond donors (Lipinski definition) is 3. The van der Waals surface area contributed by atoms with Crippen LogP contribution in [-0.2, 0) is 17.6 Å². The maximum atomic E-state index is 12.4. The van der Waals surface area contributed by atoms with Crippen molar-refractivity contribution in [1.29, 1.82) is 0 Å². The van der Waals surface area contributed by atoms with Gasteiger partial charge in [0.1, 0.15) is 5.75 Å². The third-order valence-electron chi connectivity index (χ3n) is 4.93. The van der Waals surface area contributed by atoms with Crippen molar-refractivity contribution in [2.24, 2.45) is 0 Å². The predicted molar refractivity (Wildman–Crippen MR) is 120 cm³/mol. The summed E-state index contributed by atoms with van der Waals surface area (Å²) < 4.78 is 5.54. The van der Waals surface area contributed by atoms with Gasteiger partial charge in [0, 0.05) is 10.4 Å². The van der Waals surface area contributed by atoms with E-state index in [0.717, 1.165) is 25.7 Å². The summed E-state index contributed by atoms with van der Waals surface area (Å²) in [6, 6.07) is 8.62. The number of rotatable bonds is 6. The molecule has 0 unspecified atom stereocenters. The Kier molecular flexibility index (Phi) is 8.06. The van der Waals surface area contributed by atoms with Crippen LogP contribution in [0.25, 0.3) is 0 Å². The third kappa shape index (κ3) is 6.82. The van der Waals surface area contributed by atoms with E-state index in [4.69, 9.17) is 4.74 Å². The highest BCUT2D eigenvalue weighted by Crippen LogP contribution is 2.28. The molecule has 0 bridgehead atoms. The molecule has 2 aromatic rings. The Morgan fingerprint density at radius 1 is 0.968 bits per heavy atom. The Hall–Kier alpha value is -2.87. The van der Waals surface area contributed by atoms with Gasteiger partial charge in [-0.05, 0) is 75.4 Å². The summed E-state index contributed by atoms with van der Waals surface area (Å²) >= 11 is 1.49. The van der Waals surface area contributed by atoms with Gasteiger partial charge in [-0.1, -0.05) is 12.8 Å². The number of aryl methyl sites for hydroxylation is 2. The minimum absolute atomic E-state index is 0.0484. The molecule has 0 spiro atoms. The second kappa shape index (κ2) is 10.9. The van der Waals surface area contributed by atoms with Crippen molar-refractivity contribution in [3.8, 4) is 5.75 Å². The van der Waals surface area contributed by atoms with Crippen LogP contribution in [0.15, 0.2) is 30.3 Å². The molecule has 0 radical (unpaired) electrons. The van der Waals surface area contributed by atoms with Crippen LogP contribution in [0, 0.1) is 0 Å². The molecule has 3 N–H and O–H groups in total. The summed E-state index contributed by atoms with van der Waals surface area (Å²) in [7, 11) is 0. The van der Waals surface area contributed by atoms with Crippen molar-refractivity contribution in [2.75, 3.05) is 6.54 Å². The Balaban J connectivity index is 1.44. The lowest BCUT2D eigenvalue weighted by molar-refractivity contribution is -0.120. The lowest BCUT2D eigenvalue weighted by Crippen LogP contribution is -2.46. The van der Waals surface area contributed by atoms with E-state index in [-0.39, 0.29) is 24.5 Å². The lowest BCUT2D eigenvalue weighted by atomic mass is 10.00. The fourth-order valence-corrected chi connectivity index (χ4v) is 4.56. The van der Waals surface area contributed by atoms with Crippen LogP contribution in [0.2, 0.25) is 0 Å². The predicted octanol–water partition coefficient (Wildman–Crippen LogP) is 3.39. The maximum absolute atomic E-state index is 12.4. The fraction of sp³-hybridized carbons (Fsp3) is 0.435. The Morgan fingerprint density at radius 3 is 2.39 bits per heavy atom. The Bertz CT molecular complexity index is 896. The van der Waals surface area contributed by atoms with E-state index in [2.05, 4.69) is 16.2 Å². The van der Waals surface area contributed by atoms with Crippen molar-refractivity contribution < 1.29 is 19.1 Å². The van der Waals surface area contributed by atoms with Gasteiger partial charge in [-0.25, -0.2) is 0 Å². The van der Waals surface area contributed by atoms with E-state index in [1.54, 1.807) is 24.3 Å². The van der Waals surface area contributed by atoms with Crippen molar-refractivity contribution in [3.05, 3.63) is 51.2 Å². The number of benzene rings is 1. The average Bonchev–Trinajstić information content (AvgIpc) is 3.12. The second-order valence-electron chi connectivity index (χ2n) is 7.85. The first-order chi connectivity index (χ1) is 14.9. The largest absolute Gasteiger partial charge is 0.491 e. The second-order valence-corrected chi connectivity index (χ2v) is 8.99. The number of thiophene rings is 1. The standard InChI is InChI=1S/C23H29N3O4S/c1-15(2)30-18-11-9-16(10-12-18)22(28)24-14-21(27)25-26-23(29)20-13-17-7-5-3-4-6-8-19(17)31-20/h9-13,15H,3-8,14H2,1-2H3,(H,24,28)(H,25,27)(H,26,29). The summed E-state index contributed by atoms with van der Waals surface area (Å²) in [4.78, 5) is 38.5. The van der Waals surface area contributed by atoms with Crippen LogP contribution in [-0.4, -0.2) is 30.4 Å². The zero-order chi connectivity index (χ0) is 22.2. The number of hydrazine groups is 1. The summed E-state index contributed by atoms with van der Waals surface area (Å²) in [5.74, 6) is -0.544. The van der Waals surface area contributed by atoms with E-state index in [0.29, 0.717) is 16.2 Å². The summed E-state index contributed by atoms with van der Waals surface area (Å²) in [5, 5.41) is 2.54. The van der Waals surface area contributed by atoms with Gasteiger partial charge in [0.05, 0.1) is 17.5 Å². The summed E-state index contributed by atoms with van der Waals surface area (Å²) in [6.45, 7) is 3.60. The Morgan fingerprint density at radius 2 is 1.68 bits per heavy atom. The van der Waals surface area contributed by atoms with E-state index in [9.17, 15) is 14.4 Å². The molecule has 3 amide bonds. The molecule has 31 heavy (non-hydrogen) atoms. The van der Waals surface area contributed by atoms with Gasteiger partial charge in [0.25, 0.3) is 17.7 Å². The molecule has 0 fully saturated rings. The van der Waals surface area contributed by atoms with Crippen LogP contribution in [0.5, 0.6) is 5.75 Å². The molecular weight excluding hydrogens is 414 g/mol. The molecule has 8 heteroatoms. The number of ether oxygens (including phenoxy) is 1. The van der Waals surface area contributed by atoms with E-state index < -0.39 is 5.91 Å². The molecule has 166 valence electrons. The number of carbonyl (C=O) groups excluding carboxylic acids is 3. The van der Waals surface area contributed by atoms with Gasteiger partial charge in [-0.2, -0.15) is 0 Å². The van der Waals surface area contributed by atoms with E-state index >= 15 is 0 Å². The zero-order valence-corrected chi connectivity index (χ0v) is 18.8. The van der Waals surface area contributed by atoms with Gasteiger partial charge in [0.15, 0.2) is 0 Å². The molecule has 1 aromatic carbocycles. The number of fused-ring (bicyclic) bond motifs is 1. The highest BCUT2D eigenvalue weighted by Gasteiger charge is 2.16. The third-order valence-corrected chi connectivity index (χ3v) is 6.17. The molecule has 7 nitrogen and oxygen atoms in total. The molecule has 0 saturated heterocycles. The molecule has 1 heterocycles. The van der Waals surface area contributed by atoms with Crippen molar-refractivity contribution in [1.82, 2.24) is 16.2 Å². The fourth-order valence-electron chi connectivity index (χ4n) is 3.41. The SMILES string of the molecule is CC(C)Oc1ccc(C(=O)NCC(=O)NNC(=O)c2cc3c(s2)CCCCCC3)cc1. The minimum atomic E-state index is -0.503. The first-order valence-electron chi connectivity index (χ1n) is 10.7. The highest BCUT2D eigenvalue weighted by atomic mass is 32.1. The van der Waals surface area contributed by atoms with Gasteiger partial charge in [0.2, 0.25) is 0 Å². The molecular formula is C23H29N3O4S. The van der Waals surface area contributed by atoms with Crippen LogP contribution >= 0.6 is 11.3 Å². The number of amides is 3. The van der Waals surface area contributed by atoms with Crippen LogP contribution in [0.1, 0.15) is 70.0 Å². The average molecular weight is 444 g/mol. The lowest BCUT2D eigenvalue weighted by Gasteiger charge is -2.10. The van der Waals surface area contributed by atoms with Crippen molar-refractivity contribution in [2.45, 2.75) is 58.5 Å². The topological polar surface area (TPSA) is 96.5 Å². The van der Waals surface area contributed by atoms with Gasteiger partial charge >= 0.3 is 0 Å². The highest BCUT2D eigenvalue weighted by molar-refractivity contribution is 7.14. The van der Waals surface area contributed by atoms with Gasteiger partial charge < -0.3 is 10.1 Å². The van der Waals surface area contributed by atoms with Crippen molar-refractivity contribution in [3.63, 3.8) is 0 Å². The van der Waals surface area contributed by atoms with Crippen LogP contribution in [0.3, 0.4) is 0 Å². The molecule has 0 aliphatic heterocycles. The molecule has 1 aliphatic rings. The monoisotopic (exact) mass is 443 g/mol. The normalized spacial score (nSPS) is 13.5. The van der Waals surface area contributed by atoms with Crippen LogP contribution in [0.4, 0.5) is 0 Å². The zero-order valence-electron chi connectivity index (χ0n) is 18.0. The molecule has 0 saturated carbocycles. The minimum Gasteiger partial charge on any atom is -0.491 e. The first kappa shape index (κ1) is 22.8. The quantitative estimate of drug-likeness (QED) is 0.596. The number of nitrogens with one attached hydrogen (secondary N) is 3. The first-order valence-corrected chi connectivity index (χ1v) is 11.5. The summed E-state index contributed by atoms with van der Waals surface area (Å²) in [6.07, 6.45) is 6.82. The van der Waals surface area contributed by atoms with Crippen molar-refractivity contribution >= 4 is 29.1 Å². The molecule has 1 aliphatic carbocycles. The Labute approximate surface area is 186 Å². The van der Waals surface area contributed by atoms with Gasteiger partial charge in [-0.15, -0.1) is 11.3 Å². The maximum Gasteiger partial charge on any atom is 0.279 e.